The molecule has 0 spiro atoms. The van der Waals surface area contributed by atoms with Crippen LogP contribution in [-0.4, -0.2) is 29.2 Å². The van der Waals surface area contributed by atoms with Crippen LogP contribution in [0.4, 0.5) is 5.69 Å². The number of nitrogens with zero attached hydrogens (tertiary/aromatic N) is 2. The van der Waals surface area contributed by atoms with E-state index in [1.165, 1.54) is 5.69 Å². The van der Waals surface area contributed by atoms with E-state index in [0.29, 0.717) is 12.6 Å². The van der Waals surface area contributed by atoms with E-state index >= 15 is 0 Å². The van der Waals surface area contributed by atoms with E-state index in [4.69, 9.17) is 0 Å². The van der Waals surface area contributed by atoms with Crippen molar-refractivity contribution in [3.63, 3.8) is 0 Å². The van der Waals surface area contributed by atoms with Crippen LogP contribution in [0.1, 0.15) is 17.8 Å². The van der Waals surface area contributed by atoms with Gasteiger partial charge in [-0.05, 0) is 49.7 Å². The Bertz CT molecular complexity index is 645. The molecule has 0 saturated carbocycles. The third-order valence-corrected chi connectivity index (χ3v) is 4.56. The molecule has 2 aromatic rings. The van der Waals surface area contributed by atoms with Gasteiger partial charge in [0, 0.05) is 41.5 Å². The molecule has 1 aliphatic rings. The lowest BCUT2D eigenvalue weighted by molar-refractivity contribution is 0.452. The molecule has 1 fully saturated rings. The average molecular weight is 362 g/mol. The van der Waals surface area contributed by atoms with Gasteiger partial charge in [-0.25, -0.2) is 0 Å². The summed E-state index contributed by atoms with van der Waals surface area (Å²) in [6.45, 7) is 4.57. The summed E-state index contributed by atoms with van der Waals surface area (Å²) >= 11 is 3.47. The molecule has 0 amide bonds. The summed E-state index contributed by atoms with van der Waals surface area (Å²) in [5.41, 5.74) is 2.91. The van der Waals surface area contributed by atoms with Crippen molar-refractivity contribution in [2.24, 2.45) is 0 Å². The minimum atomic E-state index is 0.265. The summed E-state index contributed by atoms with van der Waals surface area (Å²) in [5.74, 6) is 0.265. The molecule has 1 aromatic heterocycles. The molecular weight excluding hydrogens is 342 g/mol. The molecule has 0 bridgehead atoms. The Kier molecular flexibility index (Phi) is 4.64. The molecule has 0 radical (unpaired) electrons. The largest absolute Gasteiger partial charge is 0.506 e. The molecule has 1 aliphatic heterocycles. The highest BCUT2D eigenvalue weighted by atomic mass is 79.9. The third-order valence-electron chi connectivity index (χ3n) is 4.03. The monoisotopic (exact) mass is 361 g/mol. The van der Waals surface area contributed by atoms with Gasteiger partial charge in [0.1, 0.15) is 5.75 Å². The first-order valence-corrected chi connectivity index (χ1v) is 8.30. The summed E-state index contributed by atoms with van der Waals surface area (Å²) in [7, 11) is 0. The fourth-order valence-electron chi connectivity index (χ4n) is 2.79. The van der Waals surface area contributed by atoms with Gasteiger partial charge in [0.25, 0.3) is 0 Å². The van der Waals surface area contributed by atoms with E-state index in [1.54, 1.807) is 6.07 Å². The van der Waals surface area contributed by atoms with Gasteiger partial charge in [0.2, 0.25) is 0 Å². The number of hydrogen-bond donors (Lipinski definition) is 2. The Morgan fingerprint density at radius 2 is 2.05 bits per heavy atom. The normalized spacial score (nSPS) is 17.9. The molecule has 116 valence electrons. The van der Waals surface area contributed by atoms with Gasteiger partial charge in [-0.1, -0.05) is 15.9 Å². The van der Waals surface area contributed by atoms with Gasteiger partial charge in [-0.15, -0.1) is 0 Å². The summed E-state index contributed by atoms with van der Waals surface area (Å²) in [4.78, 5) is 6.77. The SMILES string of the molecule is Cc1ccc(O)c(CNC2CCN(c3ccc(Br)cc3)C2)n1. The molecule has 0 aliphatic carbocycles. The number of halogens is 1. The lowest BCUT2D eigenvalue weighted by atomic mass is 10.2. The smallest absolute Gasteiger partial charge is 0.138 e. The van der Waals surface area contributed by atoms with Crippen molar-refractivity contribution in [2.75, 3.05) is 18.0 Å². The van der Waals surface area contributed by atoms with Crippen LogP contribution in [0.15, 0.2) is 40.9 Å². The van der Waals surface area contributed by atoms with E-state index in [9.17, 15) is 5.11 Å². The molecule has 2 heterocycles. The van der Waals surface area contributed by atoms with E-state index in [-0.39, 0.29) is 5.75 Å². The first-order valence-electron chi connectivity index (χ1n) is 7.51. The Balaban J connectivity index is 1.57. The number of aryl methyl sites for hydroxylation is 1. The number of rotatable bonds is 4. The fourth-order valence-corrected chi connectivity index (χ4v) is 3.05. The zero-order valence-corrected chi connectivity index (χ0v) is 14.2. The van der Waals surface area contributed by atoms with Crippen molar-refractivity contribution in [3.05, 3.63) is 52.3 Å². The van der Waals surface area contributed by atoms with Crippen LogP contribution in [0.2, 0.25) is 0 Å². The van der Waals surface area contributed by atoms with Crippen molar-refractivity contribution >= 4 is 21.6 Å². The number of nitrogens with one attached hydrogen (secondary N) is 1. The Labute approximate surface area is 139 Å². The van der Waals surface area contributed by atoms with E-state index in [1.807, 2.05) is 13.0 Å². The minimum Gasteiger partial charge on any atom is -0.506 e. The van der Waals surface area contributed by atoms with E-state index < -0.39 is 0 Å². The summed E-state index contributed by atoms with van der Waals surface area (Å²) < 4.78 is 1.10. The first kappa shape index (κ1) is 15.3. The maximum absolute atomic E-state index is 9.85. The van der Waals surface area contributed by atoms with Crippen LogP contribution in [0, 0.1) is 6.92 Å². The van der Waals surface area contributed by atoms with Gasteiger partial charge >= 0.3 is 0 Å². The predicted octanol–water partition coefficient (Wildman–Crippen LogP) is 3.23. The second-order valence-corrected chi connectivity index (χ2v) is 6.62. The minimum absolute atomic E-state index is 0.265. The molecule has 22 heavy (non-hydrogen) atoms. The van der Waals surface area contributed by atoms with Crippen LogP contribution >= 0.6 is 15.9 Å². The maximum Gasteiger partial charge on any atom is 0.138 e. The summed E-state index contributed by atoms with van der Waals surface area (Å²) in [5, 5.41) is 13.4. The molecule has 4 nitrogen and oxygen atoms in total. The van der Waals surface area contributed by atoms with Crippen molar-refractivity contribution < 1.29 is 5.11 Å². The van der Waals surface area contributed by atoms with Crippen molar-refractivity contribution in [1.82, 2.24) is 10.3 Å². The highest BCUT2D eigenvalue weighted by molar-refractivity contribution is 9.10. The van der Waals surface area contributed by atoms with Crippen LogP contribution < -0.4 is 10.2 Å². The second-order valence-electron chi connectivity index (χ2n) is 5.71. The lowest BCUT2D eigenvalue weighted by Crippen LogP contribution is -2.32. The van der Waals surface area contributed by atoms with Gasteiger partial charge in [-0.3, -0.25) is 4.98 Å². The average Bonchev–Trinajstić information content (AvgIpc) is 2.98. The molecule has 1 atom stereocenters. The van der Waals surface area contributed by atoms with E-state index in [2.05, 4.69) is 55.4 Å². The van der Waals surface area contributed by atoms with Crippen molar-refractivity contribution in [1.29, 1.82) is 0 Å². The zero-order chi connectivity index (χ0) is 15.5. The summed E-state index contributed by atoms with van der Waals surface area (Å²) in [6.07, 6.45) is 1.10. The number of aromatic nitrogens is 1. The van der Waals surface area contributed by atoms with Gasteiger partial charge in [0.05, 0.1) is 5.69 Å². The van der Waals surface area contributed by atoms with Crippen molar-refractivity contribution in [3.8, 4) is 5.75 Å². The highest BCUT2D eigenvalue weighted by Crippen LogP contribution is 2.23. The third kappa shape index (κ3) is 3.59. The number of hydrogen-bond acceptors (Lipinski definition) is 4. The first-order chi connectivity index (χ1) is 10.6. The maximum atomic E-state index is 9.85. The molecular formula is C17H20BrN3O. The highest BCUT2D eigenvalue weighted by Gasteiger charge is 2.22. The molecule has 1 aromatic carbocycles. The quantitative estimate of drug-likeness (QED) is 0.877. The van der Waals surface area contributed by atoms with Crippen LogP contribution in [0.25, 0.3) is 0 Å². The van der Waals surface area contributed by atoms with E-state index in [0.717, 1.165) is 35.4 Å². The van der Waals surface area contributed by atoms with Gasteiger partial charge < -0.3 is 15.3 Å². The Hall–Kier alpha value is -1.59. The molecule has 2 N–H and O–H groups in total. The topological polar surface area (TPSA) is 48.4 Å². The van der Waals surface area contributed by atoms with Crippen LogP contribution in [0.5, 0.6) is 5.75 Å². The number of benzene rings is 1. The lowest BCUT2D eigenvalue weighted by Gasteiger charge is -2.19. The summed E-state index contributed by atoms with van der Waals surface area (Å²) in [6, 6.07) is 12.4. The van der Waals surface area contributed by atoms with Crippen LogP contribution in [0.3, 0.4) is 0 Å². The standard InChI is InChI=1S/C17H20BrN3O/c1-12-2-7-17(22)16(20-12)10-19-14-8-9-21(11-14)15-5-3-13(18)4-6-15/h2-7,14,19,22H,8-11H2,1H3. The molecule has 1 unspecified atom stereocenters. The predicted molar refractivity (Wildman–Crippen MR) is 92.2 cm³/mol. The fraction of sp³-hybridized carbons (Fsp3) is 0.353. The van der Waals surface area contributed by atoms with Crippen molar-refractivity contribution in [2.45, 2.75) is 25.9 Å². The zero-order valence-electron chi connectivity index (χ0n) is 12.6. The molecule has 5 heteroatoms. The molecule has 3 rings (SSSR count). The number of aromatic hydroxyl groups is 1. The number of pyridine rings is 1. The number of anilines is 1. The van der Waals surface area contributed by atoms with Gasteiger partial charge in [-0.2, -0.15) is 0 Å². The Morgan fingerprint density at radius 3 is 2.82 bits per heavy atom. The van der Waals surface area contributed by atoms with Crippen LogP contribution in [-0.2, 0) is 6.54 Å². The molecule has 1 saturated heterocycles. The second kappa shape index (κ2) is 6.67. The van der Waals surface area contributed by atoms with Gasteiger partial charge in [0.15, 0.2) is 0 Å². The Morgan fingerprint density at radius 1 is 1.27 bits per heavy atom.